The summed E-state index contributed by atoms with van der Waals surface area (Å²) < 4.78 is 0. The zero-order valence-corrected chi connectivity index (χ0v) is 20.0. The predicted molar refractivity (Wildman–Crippen MR) is 129 cm³/mol. The molecule has 0 saturated carbocycles. The van der Waals surface area contributed by atoms with E-state index in [1.165, 1.54) is 140 Å². The molecule has 0 N–H and O–H groups in total. The first-order chi connectivity index (χ1) is 12.9. The third kappa shape index (κ3) is 24.7. The van der Waals surface area contributed by atoms with Gasteiger partial charge in [-0.05, 0) is 12.8 Å². The predicted octanol–water partition coefficient (Wildman–Crippen LogP) is 10.2. The Bertz CT molecular complexity index is 206. The van der Waals surface area contributed by atoms with Gasteiger partial charge in [-0.2, -0.15) is 0 Å². The van der Waals surface area contributed by atoms with Gasteiger partial charge in [-0.15, -0.1) is 0 Å². The Balaban J connectivity index is 2.95. The van der Waals surface area contributed by atoms with Gasteiger partial charge in [0.05, 0.1) is 0 Å². The number of hydrogen-bond donors (Lipinski definition) is 0. The van der Waals surface area contributed by atoms with Crippen molar-refractivity contribution in [1.29, 1.82) is 0 Å². The van der Waals surface area contributed by atoms with Crippen LogP contribution in [0.1, 0.15) is 142 Å². The lowest BCUT2D eigenvalue weighted by Gasteiger charge is -2.04. The molecule has 0 aliphatic carbocycles. The highest BCUT2D eigenvalue weighted by Crippen LogP contribution is 2.24. The van der Waals surface area contributed by atoms with Gasteiger partial charge >= 0.3 is 0 Å². The van der Waals surface area contributed by atoms with E-state index >= 15 is 0 Å². The molecule has 2 heteroatoms. The normalized spacial score (nSPS) is 11.3. The fourth-order valence-electron chi connectivity index (χ4n) is 3.41. The van der Waals surface area contributed by atoms with Crippen LogP contribution in [0.4, 0.5) is 0 Å². The first kappa shape index (κ1) is 26.7. The summed E-state index contributed by atoms with van der Waals surface area (Å²) in [6, 6.07) is 0. The van der Waals surface area contributed by atoms with E-state index in [-0.39, 0.29) is 0 Å². The minimum atomic E-state index is 1.36. The summed E-state index contributed by atoms with van der Waals surface area (Å²) in [4.78, 5) is 0. The quantitative estimate of drug-likeness (QED) is 0.123. The van der Waals surface area contributed by atoms with Crippen LogP contribution in [0.25, 0.3) is 0 Å². The highest BCUT2D eigenvalue weighted by atomic mass is 33.1. The van der Waals surface area contributed by atoms with Crippen LogP contribution in [0.3, 0.4) is 0 Å². The highest BCUT2D eigenvalue weighted by Gasteiger charge is 1.96. The van der Waals surface area contributed by atoms with Gasteiger partial charge in [0.2, 0.25) is 0 Å². The molecule has 0 nitrogen and oxygen atoms in total. The van der Waals surface area contributed by atoms with Gasteiger partial charge in [0.25, 0.3) is 0 Å². The lowest BCUT2D eigenvalue weighted by atomic mass is 10.0. The third-order valence-electron chi connectivity index (χ3n) is 5.25. The Kier molecular flexibility index (Phi) is 26.4. The molecular weight excluding hydrogens is 352 g/mol. The Morgan fingerprint density at radius 2 is 0.538 bits per heavy atom. The first-order valence-corrected chi connectivity index (χ1v) is 14.6. The van der Waals surface area contributed by atoms with E-state index in [4.69, 9.17) is 0 Å². The number of unbranched alkanes of at least 4 members (excludes halogenated alkanes) is 18. The van der Waals surface area contributed by atoms with Crippen molar-refractivity contribution >= 4 is 21.6 Å². The van der Waals surface area contributed by atoms with E-state index in [0.717, 1.165) is 0 Å². The van der Waals surface area contributed by atoms with Crippen LogP contribution in [0.2, 0.25) is 0 Å². The fraction of sp³-hybridized carbons (Fsp3) is 1.00. The molecule has 0 unspecified atom stereocenters. The first-order valence-electron chi connectivity index (χ1n) is 12.2. The largest absolute Gasteiger partial charge is 0.0942 e. The molecule has 0 aromatic rings. The van der Waals surface area contributed by atoms with E-state index < -0.39 is 0 Å². The zero-order valence-electron chi connectivity index (χ0n) is 18.4. The lowest BCUT2D eigenvalue weighted by Crippen LogP contribution is -1.84. The van der Waals surface area contributed by atoms with Crippen LogP contribution in [0.5, 0.6) is 0 Å². The third-order valence-corrected chi connectivity index (χ3v) is 7.82. The standard InChI is InChI=1S/C24H50S2/c1-3-5-7-9-11-12-13-14-15-16-17-18-20-22-24-26-25-23-21-19-10-8-6-4-2/h3-24H2,1-2H3. The Labute approximate surface area is 175 Å². The van der Waals surface area contributed by atoms with Crippen LogP contribution in [-0.4, -0.2) is 11.5 Å². The van der Waals surface area contributed by atoms with Gasteiger partial charge in [-0.3, -0.25) is 0 Å². The van der Waals surface area contributed by atoms with Crippen molar-refractivity contribution in [3.63, 3.8) is 0 Å². The minimum absolute atomic E-state index is 1.36. The average molecular weight is 403 g/mol. The van der Waals surface area contributed by atoms with Crippen molar-refractivity contribution in [3.8, 4) is 0 Å². The minimum Gasteiger partial charge on any atom is -0.0942 e. The molecule has 0 atom stereocenters. The summed E-state index contributed by atoms with van der Waals surface area (Å²) in [5, 5.41) is 0. The van der Waals surface area contributed by atoms with Gasteiger partial charge in [0.1, 0.15) is 0 Å². The van der Waals surface area contributed by atoms with Crippen molar-refractivity contribution < 1.29 is 0 Å². The second kappa shape index (κ2) is 25.7. The summed E-state index contributed by atoms with van der Waals surface area (Å²) in [5.41, 5.74) is 0. The monoisotopic (exact) mass is 402 g/mol. The SMILES string of the molecule is CCCCCCCCCCCCCCCCSSCCCCCCCC. The Morgan fingerprint density at radius 1 is 0.308 bits per heavy atom. The second-order valence-electron chi connectivity index (χ2n) is 8.01. The maximum atomic E-state index is 2.30. The Morgan fingerprint density at radius 3 is 0.808 bits per heavy atom. The van der Waals surface area contributed by atoms with Crippen LogP contribution >= 0.6 is 21.6 Å². The highest BCUT2D eigenvalue weighted by molar-refractivity contribution is 8.76. The van der Waals surface area contributed by atoms with Crippen LogP contribution in [0.15, 0.2) is 0 Å². The molecule has 0 rings (SSSR count). The van der Waals surface area contributed by atoms with Gasteiger partial charge in [0.15, 0.2) is 0 Å². The molecule has 0 aliphatic heterocycles. The molecule has 0 radical (unpaired) electrons. The van der Waals surface area contributed by atoms with E-state index in [2.05, 4.69) is 35.4 Å². The zero-order chi connectivity index (χ0) is 19.0. The summed E-state index contributed by atoms with van der Waals surface area (Å²) in [7, 11) is 4.24. The van der Waals surface area contributed by atoms with Gasteiger partial charge in [0, 0.05) is 11.5 Å². The summed E-state index contributed by atoms with van der Waals surface area (Å²) in [6.07, 6.45) is 29.1. The molecule has 0 heterocycles. The lowest BCUT2D eigenvalue weighted by molar-refractivity contribution is 0.538. The van der Waals surface area contributed by atoms with Crippen molar-refractivity contribution in [2.45, 2.75) is 142 Å². The molecule has 0 bridgehead atoms. The molecule has 0 spiro atoms. The smallest absolute Gasteiger partial charge is 0.00369 e. The molecule has 0 aliphatic rings. The maximum absolute atomic E-state index is 2.30. The van der Waals surface area contributed by atoms with Crippen molar-refractivity contribution in [2.75, 3.05) is 11.5 Å². The number of rotatable bonds is 23. The Hall–Kier alpha value is 0.700. The average Bonchev–Trinajstić information content (AvgIpc) is 2.66. The summed E-state index contributed by atoms with van der Waals surface area (Å²) in [5.74, 6) is 2.74. The molecular formula is C24H50S2. The van der Waals surface area contributed by atoms with Crippen LogP contribution in [-0.2, 0) is 0 Å². The topological polar surface area (TPSA) is 0 Å². The molecule has 26 heavy (non-hydrogen) atoms. The summed E-state index contributed by atoms with van der Waals surface area (Å²) >= 11 is 0. The van der Waals surface area contributed by atoms with Crippen molar-refractivity contribution in [1.82, 2.24) is 0 Å². The van der Waals surface area contributed by atoms with E-state index in [1.54, 1.807) is 0 Å². The fourth-order valence-corrected chi connectivity index (χ4v) is 5.71. The summed E-state index contributed by atoms with van der Waals surface area (Å²) in [6.45, 7) is 4.60. The van der Waals surface area contributed by atoms with E-state index in [1.807, 2.05) is 0 Å². The van der Waals surface area contributed by atoms with Crippen molar-refractivity contribution in [3.05, 3.63) is 0 Å². The molecule has 0 aromatic carbocycles. The second-order valence-corrected chi connectivity index (χ2v) is 10.7. The van der Waals surface area contributed by atoms with Gasteiger partial charge < -0.3 is 0 Å². The number of hydrogen-bond acceptors (Lipinski definition) is 2. The molecule has 0 amide bonds. The van der Waals surface area contributed by atoms with E-state index in [9.17, 15) is 0 Å². The van der Waals surface area contributed by atoms with Gasteiger partial charge in [-0.25, -0.2) is 0 Å². The van der Waals surface area contributed by atoms with Crippen LogP contribution in [0, 0.1) is 0 Å². The van der Waals surface area contributed by atoms with Gasteiger partial charge in [-0.1, -0.05) is 151 Å². The maximum Gasteiger partial charge on any atom is 0.00369 e. The van der Waals surface area contributed by atoms with Crippen LogP contribution < -0.4 is 0 Å². The van der Waals surface area contributed by atoms with Crippen molar-refractivity contribution in [2.24, 2.45) is 0 Å². The molecule has 0 fully saturated rings. The molecule has 158 valence electrons. The van der Waals surface area contributed by atoms with E-state index in [0.29, 0.717) is 0 Å². The molecule has 0 aromatic heterocycles. The molecule has 0 saturated heterocycles.